The first-order chi connectivity index (χ1) is 13.2. The lowest BCUT2D eigenvalue weighted by Gasteiger charge is -2.10. The fourth-order valence-electron chi connectivity index (χ4n) is 2.64. The second kappa shape index (κ2) is 8.85. The van der Waals surface area contributed by atoms with Crippen molar-refractivity contribution in [3.8, 4) is 11.5 Å². The Bertz CT molecular complexity index is 921. The molecule has 27 heavy (non-hydrogen) atoms. The molecule has 2 aromatic carbocycles. The van der Waals surface area contributed by atoms with Crippen molar-refractivity contribution in [3.05, 3.63) is 83.6 Å². The predicted molar refractivity (Wildman–Crippen MR) is 108 cm³/mol. The number of rotatable bonds is 7. The SMILES string of the molecule is COc1ccc(COc2cccnc2/N=C(\N)Cc2ccccc2C)cc1. The van der Waals surface area contributed by atoms with Crippen LogP contribution in [0.2, 0.25) is 0 Å². The van der Waals surface area contributed by atoms with Crippen molar-refractivity contribution in [2.24, 2.45) is 10.7 Å². The maximum Gasteiger partial charge on any atom is 0.196 e. The van der Waals surface area contributed by atoms with E-state index in [4.69, 9.17) is 15.2 Å². The second-order valence-electron chi connectivity index (χ2n) is 6.17. The van der Waals surface area contributed by atoms with Crippen molar-refractivity contribution in [2.75, 3.05) is 7.11 Å². The zero-order valence-electron chi connectivity index (χ0n) is 15.6. The largest absolute Gasteiger partial charge is 0.497 e. The van der Waals surface area contributed by atoms with Crippen molar-refractivity contribution in [2.45, 2.75) is 20.0 Å². The van der Waals surface area contributed by atoms with E-state index in [-0.39, 0.29) is 0 Å². The third-order valence-corrected chi connectivity index (χ3v) is 4.19. The van der Waals surface area contributed by atoms with Gasteiger partial charge in [-0.3, -0.25) is 0 Å². The normalized spacial score (nSPS) is 11.3. The summed E-state index contributed by atoms with van der Waals surface area (Å²) in [4.78, 5) is 8.78. The number of ether oxygens (including phenoxy) is 2. The molecule has 2 N–H and O–H groups in total. The summed E-state index contributed by atoms with van der Waals surface area (Å²) in [5, 5.41) is 0. The number of hydrogen-bond donors (Lipinski definition) is 1. The summed E-state index contributed by atoms with van der Waals surface area (Å²) in [6.07, 6.45) is 2.25. The van der Waals surface area contributed by atoms with E-state index in [1.54, 1.807) is 13.3 Å². The molecule has 0 aliphatic heterocycles. The van der Waals surface area contributed by atoms with E-state index in [0.717, 1.165) is 16.9 Å². The van der Waals surface area contributed by atoms with Gasteiger partial charge in [0.05, 0.1) is 7.11 Å². The summed E-state index contributed by atoms with van der Waals surface area (Å²) in [5.41, 5.74) is 9.52. The topological polar surface area (TPSA) is 69.7 Å². The van der Waals surface area contributed by atoms with Crippen LogP contribution in [0.5, 0.6) is 11.5 Å². The van der Waals surface area contributed by atoms with Gasteiger partial charge in [-0.25, -0.2) is 9.98 Å². The minimum Gasteiger partial charge on any atom is -0.497 e. The summed E-state index contributed by atoms with van der Waals surface area (Å²) < 4.78 is 11.1. The molecule has 0 atom stereocenters. The Hall–Kier alpha value is -3.34. The number of nitrogens with zero attached hydrogens (tertiary/aromatic N) is 2. The summed E-state index contributed by atoms with van der Waals surface area (Å²) in [5.74, 6) is 2.39. The predicted octanol–water partition coefficient (Wildman–Crippen LogP) is 4.21. The van der Waals surface area contributed by atoms with E-state index in [0.29, 0.717) is 30.4 Å². The molecule has 0 bridgehead atoms. The van der Waals surface area contributed by atoms with E-state index in [9.17, 15) is 0 Å². The van der Waals surface area contributed by atoms with Crippen LogP contribution in [0.15, 0.2) is 71.9 Å². The fourth-order valence-corrected chi connectivity index (χ4v) is 2.64. The van der Waals surface area contributed by atoms with Gasteiger partial charge >= 0.3 is 0 Å². The van der Waals surface area contributed by atoms with Crippen LogP contribution in [0, 0.1) is 6.92 Å². The fraction of sp³-hybridized carbons (Fsp3) is 0.182. The van der Waals surface area contributed by atoms with Crippen molar-refractivity contribution >= 4 is 11.7 Å². The molecule has 0 amide bonds. The van der Waals surface area contributed by atoms with Gasteiger partial charge in [0.1, 0.15) is 18.2 Å². The molecule has 3 aromatic rings. The third kappa shape index (κ3) is 5.07. The Kier molecular flexibility index (Phi) is 6.05. The van der Waals surface area contributed by atoms with Gasteiger partial charge in [0.2, 0.25) is 0 Å². The lowest BCUT2D eigenvalue weighted by molar-refractivity contribution is 0.306. The van der Waals surface area contributed by atoms with Gasteiger partial charge < -0.3 is 15.2 Å². The highest BCUT2D eigenvalue weighted by Gasteiger charge is 2.07. The van der Waals surface area contributed by atoms with Gasteiger partial charge in [-0.1, -0.05) is 36.4 Å². The van der Waals surface area contributed by atoms with Crippen LogP contribution in [-0.4, -0.2) is 17.9 Å². The number of aromatic nitrogens is 1. The molecule has 0 spiro atoms. The Balaban J connectivity index is 1.72. The third-order valence-electron chi connectivity index (χ3n) is 4.19. The van der Waals surface area contributed by atoms with E-state index >= 15 is 0 Å². The van der Waals surface area contributed by atoms with E-state index in [1.165, 1.54) is 5.56 Å². The first kappa shape index (κ1) is 18.5. The molecule has 0 unspecified atom stereocenters. The van der Waals surface area contributed by atoms with Gasteiger partial charge in [0.15, 0.2) is 11.6 Å². The number of aliphatic imine (C=N–C) groups is 1. The van der Waals surface area contributed by atoms with Crippen molar-refractivity contribution in [1.29, 1.82) is 0 Å². The number of methoxy groups -OCH3 is 1. The maximum absolute atomic E-state index is 6.16. The molecule has 138 valence electrons. The van der Waals surface area contributed by atoms with E-state index in [2.05, 4.69) is 29.0 Å². The average molecular weight is 361 g/mol. The highest BCUT2D eigenvalue weighted by Crippen LogP contribution is 2.25. The van der Waals surface area contributed by atoms with Crippen LogP contribution in [0.3, 0.4) is 0 Å². The van der Waals surface area contributed by atoms with Gasteiger partial charge in [-0.05, 0) is 47.9 Å². The van der Waals surface area contributed by atoms with Gasteiger partial charge in [-0.2, -0.15) is 0 Å². The number of hydrogen-bond acceptors (Lipinski definition) is 4. The molecule has 0 saturated heterocycles. The average Bonchev–Trinajstić information content (AvgIpc) is 2.69. The first-order valence-electron chi connectivity index (χ1n) is 8.74. The lowest BCUT2D eigenvalue weighted by atomic mass is 10.1. The van der Waals surface area contributed by atoms with E-state index < -0.39 is 0 Å². The zero-order chi connectivity index (χ0) is 19.1. The summed E-state index contributed by atoms with van der Waals surface area (Å²) in [7, 11) is 1.65. The highest BCUT2D eigenvalue weighted by atomic mass is 16.5. The number of aryl methyl sites for hydroxylation is 1. The smallest absolute Gasteiger partial charge is 0.196 e. The van der Waals surface area contributed by atoms with Crippen molar-refractivity contribution in [3.63, 3.8) is 0 Å². The molecule has 0 aliphatic rings. The Morgan fingerprint density at radius 1 is 1.04 bits per heavy atom. The molecular weight excluding hydrogens is 338 g/mol. The van der Waals surface area contributed by atoms with Gasteiger partial charge in [-0.15, -0.1) is 0 Å². The number of amidine groups is 1. The maximum atomic E-state index is 6.16. The van der Waals surface area contributed by atoms with Crippen molar-refractivity contribution in [1.82, 2.24) is 4.98 Å². The van der Waals surface area contributed by atoms with Crippen molar-refractivity contribution < 1.29 is 9.47 Å². The second-order valence-corrected chi connectivity index (χ2v) is 6.17. The molecule has 1 aromatic heterocycles. The molecule has 0 fully saturated rings. The molecule has 1 heterocycles. The minimum absolute atomic E-state index is 0.413. The Labute approximate surface area is 159 Å². The molecular formula is C22H23N3O2. The van der Waals surface area contributed by atoms with Gasteiger partial charge in [0.25, 0.3) is 0 Å². The minimum atomic E-state index is 0.413. The number of nitrogens with two attached hydrogens (primary N) is 1. The number of pyridine rings is 1. The first-order valence-corrected chi connectivity index (χ1v) is 8.74. The van der Waals surface area contributed by atoms with Crippen LogP contribution < -0.4 is 15.2 Å². The molecule has 5 heteroatoms. The van der Waals surface area contributed by atoms with Crippen LogP contribution in [-0.2, 0) is 13.0 Å². The van der Waals surface area contributed by atoms with Gasteiger partial charge in [0, 0.05) is 12.6 Å². The van der Waals surface area contributed by atoms with Crippen LogP contribution in [0.1, 0.15) is 16.7 Å². The van der Waals surface area contributed by atoms with Crippen LogP contribution >= 0.6 is 0 Å². The molecule has 0 saturated carbocycles. The van der Waals surface area contributed by atoms with Crippen LogP contribution in [0.25, 0.3) is 0 Å². The lowest BCUT2D eigenvalue weighted by Crippen LogP contribution is -2.15. The summed E-state index contributed by atoms with van der Waals surface area (Å²) in [6.45, 7) is 2.47. The summed E-state index contributed by atoms with van der Waals surface area (Å²) >= 11 is 0. The quantitative estimate of drug-likeness (QED) is 0.505. The van der Waals surface area contributed by atoms with Crippen LogP contribution in [0.4, 0.5) is 5.82 Å². The zero-order valence-corrected chi connectivity index (χ0v) is 15.6. The molecule has 0 aliphatic carbocycles. The molecule has 0 radical (unpaired) electrons. The van der Waals surface area contributed by atoms with E-state index in [1.807, 2.05) is 48.5 Å². The molecule has 3 rings (SSSR count). The highest BCUT2D eigenvalue weighted by molar-refractivity contribution is 5.85. The molecule has 5 nitrogen and oxygen atoms in total. The standard InChI is InChI=1S/C22H23N3O2/c1-16-6-3-4-7-18(16)14-21(23)25-22-20(8-5-13-24-22)27-15-17-9-11-19(26-2)12-10-17/h3-13H,14-15H2,1-2H3,(H2,23,24,25). The monoisotopic (exact) mass is 361 g/mol. The summed E-state index contributed by atoms with van der Waals surface area (Å²) in [6, 6.07) is 19.5. The number of benzene rings is 2. The Morgan fingerprint density at radius 2 is 1.81 bits per heavy atom. The Morgan fingerprint density at radius 3 is 2.56 bits per heavy atom.